The van der Waals surface area contributed by atoms with Gasteiger partial charge < -0.3 is 10.6 Å². The summed E-state index contributed by atoms with van der Waals surface area (Å²) in [6, 6.07) is 10.7. The number of nitro benzene ring substituents is 1. The number of hydrogen-bond acceptors (Lipinski definition) is 4. The van der Waals surface area contributed by atoms with E-state index in [2.05, 4.69) is 10.6 Å². The smallest absolute Gasteiger partial charge is 0.276 e. The van der Waals surface area contributed by atoms with Gasteiger partial charge in [0.1, 0.15) is 0 Å². The average molecular weight is 360 g/mol. The molecule has 7 nitrogen and oxygen atoms in total. The van der Waals surface area contributed by atoms with Crippen LogP contribution >= 0.6 is 11.6 Å². The van der Waals surface area contributed by atoms with Gasteiger partial charge in [0.05, 0.1) is 21.9 Å². The van der Waals surface area contributed by atoms with Gasteiger partial charge in [-0.2, -0.15) is 0 Å². The molecule has 8 heteroatoms. The summed E-state index contributed by atoms with van der Waals surface area (Å²) in [5.74, 6) is -0.819. The lowest BCUT2D eigenvalue weighted by molar-refractivity contribution is -0.385. The predicted molar refractivity (Wildman–Crippen MR) is 96.5 cm³/mol. The highest BCUT2D eigenvalue weighted by atomic mass is 35.5. The number of para-hydroxylation sites is 1. The van der Waals surface area contributed by atoms with Crippen LogP contribution in [0.4, 0.5) is 17.1 Å². The molecule has 0 aliphatic carbocycles. The van der Waals surface area contributed by atoms with Crippen LogP contribution in [0.15, 0.2) is 48.5 Å². The Kier molecular flexibility index (Phi) is 5.86. The van der Waals surface area contributed by atoms with Gasteiger partial charge in [0.25, 0.3) is 5.69 Å². The zero-order valence-corrected chi connectivity index (χ0v) is 13.9. The molecule has 0 aromatic heterocycles. The van der Waals surface area contributed by atoms with Crippen molar-refractivity contribution in [3.05, 3.63) is 69.2 Å². The number of carbonyl (C=O) groups excluding carboxylic acids is 2. The summed E-state index contributed by atoms with van der Waals surface area (Å²) < 4.78 is 0. The quantitative estimate of drug-likeness (QED) is 0.480. The zero-order chi connectivity index (χ0) is 18.4. The number of carbonyl (C=O) groups is 2. The highest BCUT2D eigenvalue weighted by Crippen LogP contribution is 2.26. The molecule has 0 heterocycles. The molecule has 0 radical (unpaired) electrons. The van der Waals surface area contributed by atoms with Gasteiger partial charge in [-0.05, 0) is 30.3 Å². The van der Waals surface area contributed by atoms with E-state index in [0.717, 1.165) is 0 Å². The van der Waals surface area contributed by atoms with Crippen molar-refractivity contribution in [3.63, 3.8) is 0 Å². The maximum atomic E-state index is 12.1. The van der Waals surface area contributed by atoms with Crippen molar-refractivity contribution in [3.8, 4) is 0 Å². The Hall–Kier alpha value is -3.19. The molecule has 2 N–H and O–H groups in total. The van der Waals surface area contributed by atoms with Crippen LogP contribution in [0, 0.1) is 10.1 Å². The van der Waals surface area contributed by atoms with Crippen LogP contribution < -0.4 is 10.6 Å². The Balaban J connectivity index is 2.19. The van der Waals surface area contributed by atoms with E-state index in [4.69, 9.17) is 11.6 Å². The molecule has 0 aliphatic rings. The summed E-state index contributed by atoms with van der Waals surface area (Å²) in [6.45, 7) is 1.34. The van der Waals surface area contributed by atoms with Gasteiger partial charge in [-0.1, -0.05) is 23.7 Å². The third-order valence-electron chi connectivity index (χ3n) is 3.10. The van der Waals surface area contributed by atoms with Crippen molar-refractivity contribution in [1.82, 2.24) is 0 Å². The highest BCUT2D eigenvalue weighted by molar-refractivity contribution is 6.31. The maximum absolute atomic E-state index is 12.1. The molecule has 2 aromatic rings. The minimum absolute atomic E-state index is 0.103. The number of hydrogen-bond donors (Lipinski definition) is 2. The first kappa shape index (κ1) is 18.2. The molecule has 0 bridgehead atoms. The summed E-state index contributed by atoms with van der Waals surface area (Å²) in [5, 5.41) is 16.5. The Morgan fingerprint density at radius 2 is 1.84 bits per heavy atom. The lowest BCUT2D eigenvalue weighted by atomic mass is 10.1. The second-order valence-electron chi connectivity index (χ2n) is 5.01. The van der Waals surface area contributed by atoms with Crippen molar-refractivity contribution in [2.24, 2.45) is 0 Å². The molecule has 0 fully saturated rings. The Labute approximate surface area is 148 Å². The molecule has 0 saturated heterocycles. The fraction of sp³-hybridized carbons (Fsp3) is 0.0588. The van der Waals surface area contributed by atoms with Crippen LogP contribution in [-0.2, 0) is 9.59 Å². The van der Waals surface area contributed by atoms with E-state index in [9.17, 15) is 19.7 Å². The fourth-order valence-corrected chi connectivity index (χ4v) is 2.23. The summed E-state index contributed by atoms with van der Waals surface area (Å²) >= 11 is 5.91. The summed E-state index contributed by atoms with van der Waals surface area (Å²) in [6.07, 6.45) is 2.51. The topological polar surface area (TPSA) is 101 Å². The molecule has 0 saturated carbocycles. The average Bonchev–Trinajstić information content (AvgIpc) is 2.55. The van der Waals surface area contributed by atoms with E-state index >= 15 is 0 Å². The molecule has 2 amide bonds. The minimum Gasteiger partial charge on any atom is -0.325 e. The van der Waals surface area contributed by atoms with Gasteiger partial charge in [-0.3, -0.25) is 19.7 Å². The van der Waals surface area contributed by atoms with Crippen LogP contribution in [0.1, 0.15) is 12.5 Å². The van der Waals surface area contributed by atoms with E-state index < -0.39 is 10.8 Å². The molecule has 2 aromatic carbocycles. The van der Waals surface area contributed by atoms with Gasteiger partial charge >= 0.3 is 0 Å². The molecule has 25 heavy (non-hydrogen) atoms. The fourth-order valence-electron chi connectivity index (χ4n) is 2.05. The number of nitrogens with zero attached hydrogens (tertiary/aromatic N) is 1. The predicted octanol–water partition coefficient (Wildman–Crippen LogP) is 3.86. The third kappa shape index (κ3) is 5.15. The zero-order valence-electron chi connectivity index (χ0n) is 13.2. The normalized spacial score (nSPS) is 10.5. The number of amides is 2. The van der Waals surface area contributed by atoms with Gasteiger partial charge in [0.15, 0.2) is 0 Å². The van der Waals surface area contributed by atoms with Crippen molar-refractivity contribution in [2.45, 2.75) is 6.92 Å². The second kappa shape index (κ2) is 8.07. The number of benzene rings is 2. The van der Waals surface area contributed by atoms with Crippen LogP contribution in [-0.4, -0.2) is 16.7 Å². The van der Waals surface area contributed by atoms with Crippen LogP contribution in [0.25, 0.3) is 6.08 Å². The van der Waals surface area contributed by atoms with Crippen molar-refractivity contribution >= 4 is 46.6 Å². The van der Waals surface area contributed by atoms with Crippen molar-refractivity contribution < 1.29 is 14.5 Å². The number of anilines is 2. The largest absolute Gasteiger partial charge is 0.325 e. The van der Waals surface area contributed by atoms with E-state index in [-0.39, 0.29) is 11.6 Å². The molecular weight excluding hydrogens is 346 g/mol. The SMILES string of the molecule is CC(=O)Nc1ccc(Cl)cc1NC(=O)C=Cc1ccccc1[N+](=O)[O-]. The number of nitro groups is 1. The number of rotatable bonds is 5. The Morgan fingerprint density at radius 3 is 2.52 bits per heavy atom. The summed E-state index contributed by atoms with van der Waals surface area (Å²) in [4.78, 5) is 33.7. The molecule has 0 atom stereocenters. The van der Waals surface area contributed by atoms with Gasteiger partial charge in [0, 0.05) is 24.1 Å². The maximum Gasteiger partial charge on any atom is 0.276 e. The molecule has 128 valence electrons. The Bertz CT molecular complexity index is 865. The van der Waals surface area contributed by atoms with E-state index in [1.165, 1.54) is 37.3 Å². The first-order chi connectivity index (χ1) is 11.9. The van der Waals surface area contributed by atoms with Crippen molar-refractivity contribution in [1.29, 1.82) is 0 Å². The molecule has 2 rings (SSSR count). The second-order valence-corrected chi connectivity index (χ2v) is 5.45. The number of halogens is 1. The van der Waals surface area contributed by atoms with E-state index in [0.29, 0.717) is 22.0 Å². The highest BCUT2D eigenvalue weighted by Gasteiger charge is 2.11. The van der Waals surface area contributed by atoms with Gasteiger partial charge in [0.2, 0.25) is 11.8 Å². The van der Waals surface area contributed by atoms with Crippen LogP contribution in [0.2, 0.25) is 5.02 Å². The number of nitrogens with one attached hydrogen (secondary N) is 2. The summed E-state index contributed by atoms with van der Waals surface area (Å²) in [7, 11) is 0. The van der Waals surface area contributed by atoms with E-state index in [1.54, 1.807) is 24.3 Å². The molecular formula is C17H14ClN3O4. The minimum atomic E-state index is -0.524. The van der Waals surface area contributed by atoms with Gasteiger partial charge in [-0.15, -0.1) is 0 Å². The van der Waals surface area contributed by atoms with Crippen LogP contribution in [0.5, 0.6) is 0 Å². The summed E-state index contributed by atoms with van der Waals surface area (Å²) in [5.41, 5.74) is 0.910. The monoisotopic (exact) mass is 359 g/mol. The molecule has 0 spiro atoms. The van der Waals surface area contributed by atoms with E-state index in [1.807, 2.05) is 0 Å². The Morgan fingerprint density at radius 1 is 1.12 bits per heavy atom. The molecule has 0 aliphatic heterocycles. The first-order valence-corrected chi connectivity index (χ1v) is 7.54. The third-order valence-corrected chi connectivity index (χ3v) is 3.33. The lowest BCUT2D eigenvalue weighted by Crippen LogP contribution is -2.13. The standard InChI is InChI=1S/C17H14ClN3O4/c1-11(22)19-14-8-7-13(18)10-15(14)20-17(23)9-6-12-4-2-3-5-16(12)21(24)25/h2-10H,1H3,(H,19,22)(H,20,23). The van der Waals surface area contributed by atoms with Crippen molar-refractivity contribution in [2.75, 3.05) is 10.6 Å². The molecule has 0 unspecified atom stereocenters. The van der Waals surface area contributed by atoms with Gasteiger partial charge in [-0.25, -0.2) is 0 Å². The van der Waals surface area contributed by atoms with Crippen LogP contribution in [0.3, 0.4) is 0 Å². The first-order valence-electron chi connectivity index (χ1n) is 7.16. The lowest BCUT2D eigenvalue weighted by Gasteiger charge is -2.10.